The summed E-state index contributed by atoms with van der Waals surface area (Å²) in [5, 5.41) is 14.5. The van der Waals surface area contributed by atoms with Crippen LogP contribution in [0.3, 0.4) is 0 Å². The Labute approximate surface area is 91.3 Å². The van der Waals surface area contributed by atoms with Crippen LogP contribution in [0.5, 0.6) is 0 Å². The second kappa shape index (κ2) is 5.35. The van der Waals surface area contributed by atoms with E-state index in [2.05, 4.69) is 5.32 Å². The third-order valence-corrected chi connectivity index (χ3v) is 2.47. The van der Waals surface area contributed by atoms with E-state index in [0.717, 1.165) is 5.56 Å². The quantitative estimate of drug-likeness (QED) is 0.807. The monoisotopic (exact) mass is 228 g/mol. The third-order valence-electron chi connectivity index (χ3n) is 1.74. The lowest BCUT2D eigenvalue weighted by Gasteiger charge is -2.16. The van der Waals surface area contributed by atoms with E-state index >= 15 is 0 Å². The number of carbonyl (C=O) groups excluding carboxylic acids is 1. The first-order chi connectivity index (χ1) is 7.09. The number of nitrogens with one attached hydrogen (secondary N) is 1. The van der Waals surface area contributed by atoms with Gasteiger partial charge in [0, 0.05) is 13.6 Å². The predicted molar refractivity (Wildman–Crippen MR) is 56.8 cm³/mol. The fraction of sp³-hybridized carbons (Fsp3) is 0.333. The number of hydrogen-bond donors (Lipinski definition) is 2. The highest BCUT2D eigenvalue weighted by molar-refractivity contribution is 7.07. The molecule has 0 unspecified atom stereocenters. The lowest BCUT2D eigenvalue weighted by atomic mass is 10.3. The summed E-state index contributed by atoms with van der Waals surface area (Å²) in [7, 11) is 1.62. The van der Waals surface area contributed by atoms with Gasteiger partial charge in [-0.2, -0.15) is 11.3 Å². The summed E-state index contributed by atoms with van der Waals surface area (Å²) < 4.78 is 0. The van der Waals surface area contributed by atoms with Gasteiger partial charge in [0.1, 0.15) is 6.54 Å². The smallest absolute Gasteiger partial charge is 0.323 e. The van der Waals surface area contributed by atoms with Crippen molar-refractivity contribution in [2.45, 2.75) is 6.54 Å². The van der Waals surface area contributed by atoms with E-state index in [4.69, 9.17) is 5.11 Å². The van der Waals surface area contributed by atoms with Gasteiger partial charge in [0.25, 0.3) is 0 Å². The van der Waals surface area contributed by atoms with Gasteiger partial charge in [-0.1, -0.05) is 0 Å². The molecule has 0 atom stereocenters. The first kappa shape index (κ1) is 11.5. The molecule has 15 heavy (non-hydrogen) atoms. The highest BCUT2D eigenvalue weighted by atomic mass is 32.1. The lowest BCUT2D eigenvalue weighted by Crippen LogP contribution is -2.39. The minimum absolute atomic E-state index is 0.354. The van der Waals surface area contributed by atoms with Crippen molar-refractivity contribution in [1.82, 2.24) is 10.2 Å². The van der Waals surface area contributed by atoms with Crippen molar-refractivity contribution in [1.29, 1.82) is 0 Å². The highest BCUT2D eigenvalue weighted by Gasteiger charge is 2.09. The van der Waals surface area contributed by atoms with Crippen LogP contribution >= 0.6 is 11.3 Å². The maximum Gasteiger partial charge on any atom is 0.323 e. The largest absolute Gasteiger partial charge is 0.480 e. The Morgan fingerprint density at radius 2 is 2.33 bits per heavy atom. The van der Waals surface area contributed by atoms with E-state index in [-0.39, 0.29) is 12.6 Å². The van der Waals surface area contributed by atoms with Crippen molar-refractivity contribution in [3.05, 3.63) is 22.4 Å². The van der Waals surface area contributed by atoms with Crippen LogP contribution in [0.4, 0.5) is 4.79 Å². The van der Waals surface area contributed by atoms with Crippen LogP contribution in [0.2, 0.25) is 0 Å². The molecule has 2 N–H and O–H groups in total. The number of carbonyl (C=O) groups is 2. The number of hydrogen-bond acceptors (Lipinski definition) is 3. The SMILES string of the molecule is CN(Cc1ccsc1)C(=O)NCC(=O)O. The normalized spacial score (nSPS) is 9.67. The number of thiophene rings is 1. The zero-order chi connectivity index (χ0) is 11.3. The summed E-state index contributed by atoms with van der Waals surface area (Å²) in [6.07, 6.45) is 0. The molecular formula is C9H12N2O3S. The molecule has 0 spiro atoms. The molecule has 2 amide bonds. The number of aliphatic carboxylic acids is 1. The Balaban J connectivity index is 2.36. The molecule has 1 aromatic heterocycles. The van der Waals surface area contributed by atoms with Gasteiger partial charge < -0.3 is 15.3 Å². The molecule has 0 radical (unpaired) electrons. The molecule has 1 aromatic rings. The van der Waals surface area contributed by atoms with Gasteiger partial charge in [-0.05, 0) is 22.4 Å². The standard InChI is InChI=1S/C9H12N2O3S/c1-11(5-7-2-3-15-6-7)9(14)10-4-8(12)13/h2-3,6H,4-5H2,1H3,(H,10,14)(H,12,13). The number of carboxylic acid groups (broad SMARTS) is 1. The first-order valence-electron chi connectivity index (χ1n) is 4.31. The van der Waals surface area contributed by atoms with E-state index in [1.54, 1.807) is 18.4 Å². The van der Waals surface area contributed by atoms with Gasteiger partial charge in [-0.25, -0.2) is 4.79 Å². The van der Waals surface area contributed by atoms with Gasteiger partial charge in [-0.3, -0.25) is 4.79 Å². The summed E-state index contributed by atoms with van der Waals surface area (Å²) in [5.41, 5.74) is 1.04. The average molecular weight is 228 g/mol. The second-order valence-corrected chi connectivity index (χ2v) is 3.82. The van der Waals surface area contributed by atoms with Gasteiger partial charge in [0.2, 0.25) is 0 Å². The Morgan fingerprint density at radius 3 is 2.87 bits per heavy atom. The summed E-state index contributed by atoms with van der Waals surface area (Å²) >= 11 is 1.56. The number of nitrogens with zero attached hydrogens (tertiary/aromatic N) is 1. The van der Waals surface area contributed by atoms with E-state index in [9.17, 15) is 9.59 Å². The number of urea groups is 1. The van der Waals surface area contributed by atoms with E-state index in [0.29, 0.717) is 6.54 Å². The Hall–Kier alpha value is -1.56. The minimum Gasteiger partial charge on any atom is -0.480 e. The minimum atomic E-state index is -1.05. The van der Waals surface area contributed by atoms with E-state index in [1.165, 1.54) is 4.90 Å². The molecule has 0 aliphatic heterocycles. The van der Waals surface area contributed by atoms with Crippen LogP contribution in [0.1, 0.15) is 5.56 Å². The van der Waals surface area contributed by atoms with E-state index in [1.807, 2.05) is 16.8 Å². The summed E-state index contributed by atoms with van der Waals surface area (Å²) in [5.74, 6) is -1.05. The molecule has 0 aliphatic carbocycles. The highest BCUT2D eigenvalue weighted by Crippen LogP contribution is 2.08. The first-order valence-corrected chi connectivity index (χ1v) is 5.25. The van der Waals surface area contributed by atoms with Gasteiger partial charge in [-0.15, -0.1) is 0 Å². The molecule has 0 saturated heterocycles. The molecule has 0 bridgehead atoms. The maximum absolute atomic E-state index is 11.3. The van der Waals surface area contributed by atoms with Crippen LogP contribution in [-0.4, -0.2) is 35.6 Å². The van der Waals surface area contributed by atoms with Crippen LogP contribution in [0, 0.1) is 0 Å². The zero-order valence-electron chi connectivity index (χ0n) is 8.27. The Kier molecular flexibility index (Phi) is 4.11. The van der Waals surface area contributed by atoms with E-state index < -0.39 is 5.97 Å². The third kappa shape index (κ3) is 3.99. The molecule has 0 aromatic carbocycles. The Bertz CT molecular complexity index is 337. The van der Waals surface area contributed by atoms with Gasteiger partial charge >= 0.3 is 12.0 Å². The number of rotatable bonds is 4. The second-order valence-electron chi connectivity index (χ2n) is 3.04. The van der Waals surface area contributed by atoms with Crippen molar-refractivity contribution in [3.63, 3.8) is 0 Å². The van der Waals surface area contributed by atoms with Crippen LogP contribution < -0.4 is 5.32 Å². The van der Waals surface area contributed by atoms with Crippen molar-refractivity contribution >= 4 is 23.3 Å². The number of carboxylic acids is 1. The molecule has 1 rings (SSSR count). The van der Waals surface area contributed by atoms with Crippen molar-refractivity contribution in [2.24, 2.45) is 0 Å². The fourth-order valence-electron chi connectivity index (χ4n) is 1.01. The van der Waals surface area contributed by atoms with Gasteiger partial charge in [0.05, 0.1) is 0 Å². The van der Waals surface area contributed by atoms with Crippen molar-refractivity contribution < 1.29 is 14.7 Å². The molecule has 6 heteroatoms. The molecular weight excluding hydrogens is 216 g/mol. The zero-order valence-corrected chi connectivity index (χ0v) is 9.08. The topological polar surface area (TPSA) is 69.6 Å². The summed E-state index contributed by atoms with van der Waals surface area (Å²) in [6, 6.07) is 1.54. The fourth-order valence-corrected chi connectivity index (χ4v) is 1.67. The maximum atomic E-state index is 11.3. The lowest BCUT2D eigenvalue weighted by molar-refractivity contribution is -0.135. The average Bonchev–Trinajstić information content (AvgIpc) is 2.66. The Morgan fingerprint density at radius 1 is 1.60 bits per heavy atom. The molecule has 1 heterocycles. The number of amides is 2. The molecule has 0 aliphatic rings. The van der Waals surface area contributed by atoms with Crippen LogP contribution in [-0.2, 0) is 11.3 Å². The molecule has 0 saturated carbocycles. The van der Waals surface area contributed by atoms with Gasteiger partial charge in [0.15, 0.2) is 0 Å². The van der Waals surface area contributed by atoms with Crippen molar-refractivity contribution in [2.75, 3.05) is 13.6 Å². The van der Waals surface area contributed by atoms with Crippen molar-refractivity contribution in [3.8, 4) is 0 Å². The van der Waals surface area contributed by atoms with Crippen LogP contribution in [0.15, 0.2) is 16.8 Å². The summed E-state index contributed by atoms with van der Waals surface area (Å²) in [4.78, 5) is 23.0. The predicted octanol–water partition coefficient (Wildman–Crippen LogP) is 0.974. The molecule has 5 nitrogen and oxygen atoms in total. The summed E-state index contributed by atoms with van der Waals surface area (Å²) in [6.45, 7) is 0.127. The molecule has 82 valence electrons. The molecule has 0 fully saturated rings. The van der Waals surface area contributed by atoms with Crippen LogP contribution in [0.25, 0.3) is 0 Å².